The van der Waals surface area contributed by atoms with E-state index in [-0.39, 0.29) is 0 Å². The van der Waals surface area contributed by atoms with E-state index in [2.05, 4.69) is 19.2 Å². The Hall–Kier alpha value is -1.03. The Morgan fingerprint density at radius 1 is 1.21 bits per heavy atom. The van der Waals surface area contributed by atoms with Crippen molar-refractivity contribution < 1.29 is 13.2 Å². The van der Waals surface area contributed by atoms with E-state index >= 15 is 0 Å². The van der Waals surface area contributed by atoms with Gasteiger partial charge in [0.1, 0.15) is 0 Å². The third kappa shape index (κ3) is 4.53. The van der Waals surface area contributed by atoms with Crippen LogP contribution < -0.4 is 5.32 Å². The molecule has 1 nitrogen and oxygen atoms in total. The molecule has 0 saturated carbocycles. The van der Waals surface area contributed by atoms with Gasteiger partial charge in [-0.05, 0) is 56.0 Å². The first-order valence-corrected chi connectivity index (χ1v) is 6.59. The molecule has 0 aliphatic carbocycles. The number of benzene rings is 1. The minimum atomic E-state index is -4.26. The highest BCUT2D eigenvalue weighted by atomic mass is 19.4. The first kappa shape index (κ1) is 16.0. The maximum absolute atomic E-state index is 12.6. The number of nitrogens with one attached hydrogen (secondary N) is 1. The first-order chi connectivity index (χ1) is 8.75. The second-order valence-electron chi connectivity index (χ2n) is 5.32. The average molecular weight is 273 g/mol. The van der Waals surface area contributed by atoms with Crippen molar-refractivity contribution in [2.45, 2.75) is 45.8 Å². The van der Waals surface area contributed by atoms with E-state index in [0.29, 0.717) is 17.5 Å². The van der Waals surface area contributed by atoms with Gasteiger partial charge in [0.05, 0.1) is 5.56 Å². The molecule has 0 aliphatic heterocycles. The fraction of sp³-hybridized carbons (Fsp3) is 0.600. The third-order valence-corrected chi connectivity index (χ3v) is 3.57. The van der Waals surface area contributed by atoms with Gasteiger partial charge in [0.15, 0.2) is 0 Å². The van der Waals surface area contributed by atoms with Crippen molar-refractivity contribution in [2.75, 3.05) is 7.05 Å². The highest BCUT2D eigenvalue weighted by molar-refractivity contribution is 5.32. The Morgan fingerprint density at radius 3 is 2.26 bits per heavy atom. The molecule has 0 radical (unpaired) electrons. The largest absolute Gasteiger partial charge is 0.416 e. The number of aryl methyl sites for hydroxylation is 2. The van der Waals surface area contributed by atoms with Gasteiger partial charge in [-0.25, -0.2) is 0 Å². The van der Waals surface area contributed by atoms with Crippen molar-refractivity contribution >= 4 is 0 Å². The maximum Gasteiger partial charge on any atom is 0.416 e. The number of rotatable bonds is 5. The molecule has 19 heavy (non-hydrogen) atoms. The van der Waals surface area contributed by atoms with E-state index in [1.165, 1.54) is 12.1 Å². The van der Waals surface area contributed by atoms with Crippen LogP contribution in [0.3, 0.4) is 0 Å². The summed E-state index contributed by atoms with van der Waals surface area (Å²) in [6.45, 7) is 6.02. The lowest BCUT2D eigenvalue weighted by atomic mass is 9.94. The fourth-order valence-corrected chi connectivity index (χ4v) is 2.27. The molecule has 1 rings (SSSR count). The van der Waals surface area contributed by atoms with Crippen LogP contribution in [0.5, 0.6) is 0 Å². The zero-order valence-corrected chi connectivity index (χ0v) is 11.9. The summed E-state index contributed by atoms with van der Waals surface area (Å²) in [5.41, 5.74) is 1.14. The smallest absolute Gasteiger partial charge is 0.317 e. The third-order valence-electron chi connectivity index (χ3n) is 3.57. The predicted octanol–water partition coefficient (Wildman–Crippen LogP) is 4.19. The van der Waals surface area contributed by atoms with Crippen molar-refractivity contribution in [1.82, 2.24) is 5.32 Å². The molecule has 0 bridgehead atoms. The molecule has 0 amide bonds. The molecular formula is C15H22F3N. The van der Waals surface area contributed by atoms with E-state index < -0.39 is 11.7 Å². The lowest BCUT2D eigenvalue weighted by Gasteiger charge is -2.20. The molecule has 1 unspecified atom stereocenters. The number of hydrogen-bond acceptors (Lipinski definition) is 1. The van der Waals surface area contributed by atoms with E-state index in [4.69, 9.17) is 0 Å². The molecule has 0 spiro atoms. The second-order valence-corrected chi connectivity index (χ2v) is 5.32. The number of halogens is 3. The Morgan fingerprint density at radius 2 is 1.84 bits per heavy atom. The minimum Gasteiger partial charge on any atom is -0.317 e. The summed E-state index contributed by atoms with van der Waals surface area (Å²) in [5.74, 6) is 0.514. The maximum atomic E-state index is 12.6. The highest BCUT2D eigenvalue weighted by Crippen LogP contribution is 2.30. The van der Waals surface area contributed by atoms with Crippen LogP contribution in [0.15, 0.2) is 18.2 Å². The van der Waals surface area contributed by atoms with Crippen LogP contribution in [0.25, 0.3) is 0 Å². The van der Waals surface area contributed by atoms with Crippen LogP contribution in [-0.2, 0) is 12.6 Å². The average Bonchev–Trinajstić information content (AvgIpc) is 2.29. The zero-order chi connectivity index (χ0) is 14.6. The molecule has 1 atom stereocenters. The predicted molar refractivity (Wildman–Crippen MR) is 72.2 cm³/mol. The molecule has 108 valence electrons. The van der Waals surface area contributed by atoms with Crippen LogP contribution in [0.2, 0.25) is 0 Å². The van der Waals surface area contributed by atoms with E-state index in [9.17, 15) is 13.2 Å². The van der Waals surface area contributed by atoms with E-state index in [1.54, 1.807) is 13.0 Å². The molecule has 1 aromatic rings. The van der Waals surface area contributed by atoms with Gasteiger partial charge in [-0.2, -0.15) is 13.2 Å². The van der Waals surface area contributed by atoms with Crippen LogP contribution in [0.1, 0.15) is 37.0 Å². The fourth-order valence-electron chi connectivity index (χ4n) is 2.27. The van der Waals surface area contributed by atoms with Crippen molar-refractivity contribution in [1.29, 1.82) is 0 Å². The minimum absolute atomic E-state index is 0.390. The lowest BCUT2D eigenvalue weighted by molar-refractivity contribution is -0.137. The van der Waals surface area contributed by atoms with E-state index in [0.717, 1.165) is 18.4 Å². The SMILES string of the molecule is CNC(CCc1ccc(C(F)(F)F)cc1C)C(C)C. The van der Waals surface area contributed by atoms with Crippen molar-refractivity contribution in [3.63, 3.8) is 0 Å². The van der Waals surface area contributed by atoms with Crippen molar-refractivity contribution in [2.24, 2.45) is 5.92 Å². The molecular weight excluding hydrogens is 251 g/mol. The molecule has 0 fully saturated rings. The van der Waals surface area contributed by atoms with Gasteiger partial charge in [0.25, 0.3) is 0 Å². The Balaban J connectivity index is 2.76. The van der Waals surface area contributed by atoms with Crippen molar-refractivity contribution in [3.8, 4) is 0 Å². The summed E-state index contributed by atoms with van der Waals surface area (Å²) in [4.78, 5) is 0. The summed E-state index contributed by atoms with van der Waals surface area (Å²) < 4.78 is 37.7. The van der Waals surface area contributed by atoms with Gasteiger partial charge in [-0.15, -0.1) is 0 Å². The van der Waals surface area contributed by atoms with Crippen LogP contribution >= 0.6 is 0 Å². The molecule has 1 aromatic carbocycles. The monoisotopic (exact) mass is 273 g/mol. The highest BCUT2D eigenvalue weighted by Gasteiger charge is 2.30. The second kappa shape index (κ2) is 6.42. The van der Waals surface area contributed by atoms with Crippen LogP contribution in [-0.4, -0.2) is 13.1 Å². The standard InChI is InChI=1S/C15H22F3N/c1-10(2)14(19-4)8-6-12-5-7-13(9-11(12)3)15(16,17)18/h5,7,9-10,14,19H,6,8H2,1-4H3. The zero-order valence-electron chi connectivity index (χ0n) is 11.9. The van der Waals surface area contributed by atoms with Gasteiger partial charge in [0.2, 0.25) is 0 Å². The summed E-state index contributed by atoms with van der Waals surface area (Å²) in [6.07, 6.45) is -2.53. The van der Waals surface area contributed by atoms with E-state index in [1.807, 2.05) is 7.05 Å². The normalized spacial score (nSPS) is 13.9. The summed E-state index contributed by atoms with van der Waals surface area (Å²) in [7, 11) is 1.92. The van der Waals surface area contributed by atoms with Crippen LogP contribution in [0.4, 0.5) is 13.2 Å². The Kier molecular flexibility index (Phi) is 5.41. The summed E-state index contributed by atoms with van der Waals surface area (Å²) in [5, 5.41) is 3.25. The number of alkyl halides is 3. The first-order valence-electron chi connectivity index (χ1n) is 6.59. The van der Waals surface area contributed by atoms with Gasteiger partial charge < -0.3 is 5.32 Å². The molecule has 1 N–H and O–H groups in total. The topological polar surface area (TPSA) is 12.0 Å². The Labute approximate surface area is 113 Å². The molecule has 0 saturated heterocycles. The quantitative estimate of drug-likeness (QED) is 0.848. The molecule has 0 aliphatic rings. The van der Waals surface area contributed by atoms with Crippen molar-refractivity contribution in [3.05, 3.63) is 34.9 Å². The Bertz CT molecular complexity index is 410. The summed E-state index contributed by atoms with van der Waals surface area (Å²) in [6, 6.07) is 4.40. The lowest BCUT2D eigenvalue weighted by Crippen LogP contribution is -2.31. The van der Waals surface area contributed by atoms with Gasteiger partial charge in [0, 0.05) is 6.04 Å². The van der Waals surface area contributed by atoms with Gasteiger partial charge >= 0.3 is 6.18 Å². The summed E-state index contributed by atoms with van der Waals surface area (Å²) >= 11 is 0. The molecule has 0 heterocycles. The van der Waals surface area contributed by atoms with Gasteiger partial charge in [-0.3, -0.25) is 0 Å². The molecule has 0 aromatic heterocycles. The van der Waals surface area contributed by atoms with Gasteiger partial charge in [-0.1, -0.05) is 19.9 Å². The van der Waals surface area contributed by atoms with Crippen LogP contribution in [0, 0.1) is 12.8 Å². The number of hydrogen-bond donors (Lipinski definition) is 1. The molecule has 4 heteroatoms.